The summed E-state index contributed by atoms with van der Waals surface area (Å²) in [5, 5.41) is 0.688. The maximum absolute atomic E-state index is 7.37. The first-order valence-electron chi connectivity index (χ1n) is 9.79. The van der Waals surface area contributed by atoms with Crippen molar-refractivity contribution >= 4 is 23.2 Å². The highest BCUT2D eigenvalue weighted by atomic mass is 35.5. The van der Waals surface area contributed by atoms with Crippen LogP contribution in [0.4, 0.5) is 0 Å². The van der Waals surface area contributed by atoms with E-state index in [0.29, 0.717) is 10.9 Å². The SMILES string of the molecule is Clc1ccccc1C(Cl)(c1ccccc1)c1ccc(C2CCCCC2)cc1. The molecule has 1 saturated carbocycles. The van der Waals surface area contributed by atoms with Crippen LogP contribution in [0.2, 0.25) is 5.02 Å². The molecule has 0 saturated heterocycles. The molecule has 1 unspecified atom stereocenters. The van der Waals surface area contributed by atoms with Gasteiger partial charge >= 0.3 is 0 Å². The molecule has 0 aliphatic heterocycles. The molecule has 27 heavy (non-hydrogen) atoms. The van der Waals surface area contributed by atoms with E-state index in [2.05, 4.69) is 36.4 Å². The fourth-order valence-corrected chi connectivity index (χ4v) is 5.05. The van der Waals surface area contributed by atoms with Crippen LogP contribution in [-0.4, -0.2) is 0 Å². The first-order chi connectivity index (χ1) is 13.2. The molecule has 3 aromatic carbocycles. The Morgan fingerprint density at radius 2 is 1.26 bits per heavy atom. The Labute approximate surface area is 172 Å². The minimum absolute atomic E-state index is 0.688. The van der Waals surface area contributed by atoms with Crippen LogP contribution in [0.1, 0.15) is 60.3 Å². The Morgan fingerprint density at radius 1 is 0.667 bits per heavy atom. The van der Waals surface area contributed by atoms with Gasteiger partial charge in [-0.3, -0.25) is 0 Å². The Kier molecular flexibility index (Phi) is 5.57. The number of rotatable bonds is 4. The molecule has 0 nitrogen and oxygen atoms in total. The topological polar surface area (TPSA) is 0 Å². The summed E-state index contributed by atoms with van der Waals surface area (Å²) < 4.78 is 0. The van der Waals surface area contributed by atoms with Crippen LogP contribution in [0.15, 0.2) is 78.9 Å². The monoisotopic (exact) mass is 394 g/mol. The van der Waals surface area contributed by atoms with Gasteiger partial charge in [-0.15, -0.1) is 11.6 Å². The summed E-state index contributed by atoms with van der Waals surface area (Å²) in [6, 6.07) is 27.0. The summed E-state index contributed by atoms with van der Waals surface area (Å²) in [7, 11) is 0. The van der Waals surface area contributed by atoms with Crippen LogP contribution in [-0.2, 0) is 4.87 Å². The summed E-state index contributed by atoms with van der Waals surface area (Å²) in [4.78, 5) is -0.801. The fraction of sp³-hybridized carbons (Fsp3) is 0.280. The summed E-state index contributed by atoms with van der Waals surface area (Å²) in [5.41, 5.74) is 4.45. The van der Waals surface area contributed by atoms with Gasteiger partial charge in [0.2, 0.25) is 0 Å². The average Bonchev–Trinajstić information content (AvgIpc) is 2.75. The van der Waals surface area contributed by atoms with Crippen molar-refractivity contribution in [3.8, 4) is 0 Å². The molecule has 1 fully saturated rings. The lowest BCUT2D eigenvalue weighted by atomic mass is 9.81. The van der Waals surface area contributed by atoms with Gasteiger partial charge in [0, 0.05) is 10.6 Å². The van der Waals surface area contributed by atoms with Gasteiger partial charge in [-0.1, -0.05) is 104 Å². The molecule has 0 radical (unpaired) electrons. The third-order valence-electron chi connectivity index (χ3n) is 5.80. The molecule has 0 bridgehead atoms. The van der Waals surface area contributed by atoms with E-state index in [1.54, 1.807) is 0 Å². The molecule has 138 valence electrons. The maximum atomic E-state index is 7.37. The normalized spacial score (nSPS) is 17.4. The second-order valence-electron chi connectivity index (χ2n) is 7.46. The minimum Gasteiger partial charge on any atom is -0.103 e. The van der Waals surface area contributed by atoms with Crippen LogP contribution < -0.4 is 0 Å². The Hall–Kier alpha value is -1.76. The predicted molar refractivity (Wildman–Crippen MR) is 116 cm³/mol. The van der Waals surface area contributed by atoms with E-state index >= 15 is 0 Å². The quantitative estimate of drug-likeness (QED) is 0.311. The fourth-order valence-electron chi connectivity index (χ4n) is 4.31. The van der Waals surface area contributed by atoms with E-state index in [9.17, 15) is 0 Å². The molecule has 1 aliphatic carbocycles. The predicted octanol–water partition coefficient (Wildman–Crippen LogP) is 7.92. The number of halogens is 2. The average molecular weight is 395 g/mol. The Bertz CT molecular complexity index is 880. The molecular formula is C25H24Cl2. The van der Waals surface area contributed by atoms with Gasteiger partial charge in [0.05, 0.1) is 0 Å². The second-order valence-corrected chi connectivity index (χ2v) is 8.44. The van der Waals surface area contributed by atoms with Gasteiger partial charge in [0.1, 0.15) is 4.87 Å². The first-order valence-corrected chi connectivity index (χ1v) is 10.5. The van der Waals surface area contributed by atoms with Crippen LogP contribution >= 0.6 is 23.2 Å². The van der Waals surface area contributed by atoms with Gasteiger partial charge < -0.3 is 0 Å². The number of hydrogen-bond donors (Lipinski definition) is 0. The van der Waals surface area contributed by atoms with E-state index < -0.39 is 4.87 Å². The van der Waals surface area contributed by atoms with Crippen molar-refractivity contribution < 1.29 is 0 Å². The molecule has 2 heteroatoms. The summed E-state index contributed by atoms with van der Waals surface area (Å²) in [6.45, 7) is 0. The molecule has 0 N–H and O–H groups in total. The third kappa shape index (κ3) is 3.66. The lowest BCUT2D eigenvalue weighted by molar-refractivity contribution is 0.443. The summed E-state index contributed by atoms with van der Waals surface area (Å²) in [6.07, 6.45) is 6.66. The smallest absolute Gasteiger partial charge is 0.103 e. The van der Waals surface area contributed by atoms with Crippen LogP contribution in [0.5, 0.6) is 0 Å². The number of alkyl halides is 1. The van der Waals surface area contributed by atoms with Crippen molar-refractivity contribution in [3.63, 3.8) is 0 Å². The van der Waals surface area contributed by atoms with Gasteiger partial charge in [-0.2, -0.15) is 0 Å². The van der Waals surface area contributed by atoms with E-state index in [-0.39, 0.29) is 0 Å². The van der Waals surface area contributed by atoms with Crippen molar-refractivity contribution in [2.24, 2.45) is 0 Å². The van der Waals surface area contributed by atoms with Crippen molar-refractivity contribution in [2.75, 3.05) is 0 Å². The van der Waals surface area contributed by atoms with E-state index in [4.69, 9.17) is 23.2 Å². The highest BCUT2D eigenvalue weighted by Crippen LogP contribution is 2.46. The standard InChI is InChI=1S/C25H24Cl2/c26-24-14-8-7-13-23(24)25(27,21-11-5-2-6-12-21)22-17-15-20(16-18-22)19-9-3-1-4-10-19/h2,5-8,11-19H,1,3-4,9-10H2. The van der Waals surface area contributed by atoms with Crippen molar-refractivity contribution in [1.82, 2.24) is 0 Å². The first kappa shape index (κ1) is 18.6. The molecule has 1 aliphatic rings. The highest BCUT2D eigenvalue weighted by molar-refractivity contribution is 6.34. The number of hydrogen-bond acceptors (Lipinski definition) is 0. The van der Waals surface area contributed by atoms with Crippen molar-refractivity contribution in [3.05, 3.63) is 106 Å². The zero-order chi connectivity index (χ0) is 18.7. The largest absolute Gasteiger partial charge is 0.121 e. The Balaban J connectivity index is 1.79. The zero-order valence-corrected chi connectivity index (χ0v) is 16.9. The molecule has 0 spiro atoms. The van der Waals surface area contributed by atoms with E-state index in [0.717, 1.165) is 16.7 Å². The zero-order valence-electron chi connectivity index (χ0n) is 15.4. The molecule has 3 aromatic rings. The van der Waals surface area contributed by atoms with Gasteiger partial charge in [0.25, 0.3) is 0 Å². The number of benzene rings is 3. The van der Waals surface area contributed by atoms with Crippen molar-refractivity contribution in [2.45, 2.75) is 42.9 Å². The van der Waals surface area contributed by atoms with Crippen LogP contribution in [0.25, 0.3) is 0 Å². The molecule has 4 rings (SSSR count). The second kappa shape index (κ2) is 8.09. The van der Waals surface area contributed by atoms with Crippen LogP contribution in [0.3, 0.4) is 0 Å². The molecule has 0 aromatic heterocycles. The minimum atomic E-state index is -0.801. The van der Waals surface area contributed by atoms with Gasteiger partial charge in [0.15, 0.2) is 0 Å². The molecular weight excluding hydrogens is 371 g/mol. The van der Waals surface area contributed by atoms with Crippen LogP contribution in [0, 0.1) is 0 Å². The van der Waals surface area contributed by atoms with E-state index in [1.807, 2.05) is 42.5 Å². The summed E-state index contributed by atoms with van der Waals surface area (Å²) >= 11 is 14.0. The lowest BCUT2D eigenvalue weighted by Crippen LogP contribution is -2.23. The lowest BCUT2D eigenvalue weighted by Gasteiger charge is -2.30. The maximum Gasteiger partial charge on any atom is 0.121 e. The molecule has 0 heterocycles. The molecule has 1 atom stereocenters. The van der Waals surface area contributed by atoms with E-state index in [1.165, 1.54) is 37.7 Å². The molecule has 0 amide bonds. The highest BCUT2D eigenvalue weighted by Gasteiger charge is 2.35. The van der Waals surface area contributed by atoms with Crippen molar-refractivity contribution in [1.29, 1.82) is 0 Å². The Morgan fingerprint density at radius 3 is 1.93 bits per heavy atom. The van der Waals surface area contributed by atoms with Gasteiger partial charge in [-0.05, 0) is 41.5 Å². The third-order valence-corrected chi connectivity index (χ3v) is 6.77. The summed E-state index contributed by atoms with van der Waals surface area (Å²) in [5.74, 6) is 0.689. The van der Waals surface area contributed by atoms with Gasteiger partial charge in [-0.25, -0.2) is 0 Å².